The first-order valence-electron chi connectivity index (χ1n) is 11.8. The number of aromatic nitrogens is 2. The van der Waals surface area contributed by atoms with Gasteiger partial charge in [0.2, 0.25) is 5.91 Å². The van der Waals surface area contributed by atoms with E-state index in [-0.39, 0.29) is 36.0 Å². The van der Waals surface area contributed by atoms with E-state index >= 15 is 0 Å². The topological polar surface area (TPSA) is 133 Å². The lowest BCUT2D eigenvalue weighted by molar-refractivity contribution is -0.122. The van der Waals surface area contributed by atoms with Crippen molar-refractivity contribution in [3.63, 3.8) is 0 Å². The van der Waals surface area contributed by atoms with Crippen LogP contribution in [0.4, 0.5) is 5.82 Å². The van der Waals surface area contributed by atoms with Crippen molar-refractivity contribution < 1.29 is 14.7 Å². The number of carbonyl (C=O) groups excluding carboxylic acids is 2. The monoisotopic (exact) mass is 466 g/mol. The van der Waals surface area contributed by atoms with E-state index in [0.29, 0.717) is 18.9 Å². The lowest BCUT2D eigenvalue weighted by Gasteiger charge is -2.29. The molecule has 9 heteroatoms. The van der Waals surface area contributed by atoms with Gasteiger partial charge in [-0.05, 0) is 44.6 Å². The van der Waals surface area contributed by atoms with Gasteiger partial charge >= 0.3 is 0 Å². The van der Waals surface area contributed by atoms with Crippen LogP contribution in [0.5, 0.6) is 0 Å². The Balaban J connectivity index is 1.46. The number of hydrogen-bond donors (Lipinski definition) is 4. The quantitative estimate of drug-likeness (QED) is 0.402. The molecule has 1 aromatic rings. The van der Waals surface area contributed by atoms with Gasteiger partial charge < -0.3 is 21.5 Å². The van der Waals surface area contributed by atoms with Crippen LogP contribution < -0.4 is 16.4 Å². The van der Waals surface area contributed by atoms with E-state index in [0.717, 1.165) is 49.8 Å². The van der Waals surface area contributed by atoms with Crippen LogP contribution in [0.1, 0.15) is 49.5 Å². The number of aliphatic hydroxyl groups excluding tert-OH is 1. The summed E-state index contributed by atoms with van der Waals surface area (Å²) < 4.78 is 0. The van der Waals surface area contributed by atoms with E-state index < -0.39 is 6.10 Å². The summed E-state index contributed by atoms with van der Waals surface area (Å²) in [5, 5.41) is 16.5. The van der Waals surface area contributed by atoms with Gasteiger partial charge in [-0.1, -0.05) is 18.1 Å². The third-order valence-corrected chi connectivity index (χ3v) is 6.36. The van der Waals surface area contributed by atoms with Gasteiger partial charge in [-0.15, -0.1) is 6.42 Å². The summed E-state index contributed by atoms with van der Waals surface area (Å²) in [6.45, 7) is 3.91. The standard InChI is InChI=1S/C25H34N6O3/c1-3-5-18-10-11-31(14-17(18)4-2)15-21(32)13-27-25(34)22-12-23(29-16-28-22)30-20-8-6-19(7-9-20)24(26)33/h2-3,5,12,16,19-21,32H,6-11,13-15H2,1H3,(H2,26,33)(H,27,34)(H,28,29,30)/b5-3-/t19?,20?,21-/m0/s1. The molecule has 1 saturated carbocycles. The van der Waals surface area contributed by atoms with Gasteiger partial charge in [-0.25, -0.2) is 9.97 Å². The second-order valence-corrected chi connectivity index (χ2v) is 8.88. The Morgan fingerprint density at radius 2 is 2.12 bits per heavy atom. The van der Waals surface area contributed by atoms with Crippen LogP contribution in [-0.4, -0.2) is 70.1 Å². The molecule has 5 N–H and O–H groups in total. The third-order valence-electron chi connectivity index (χ3n) is 6.36. The van der Waals surface area contributed by atoms with E-state index in [4.69, 9.17) is 12.2 Å². The maximum Gasteiger partial charge on any atom is 0.270 e. The van der Waals surface area contributed by atoms with E-state index in [1.807, 2.05) is 19.1 Å². The number of amides is 2. The number of β-amino-alcohol motifs (C(OH)–C–C–N with tert-alkyl or cyclic N) is 1. The highest BCUT2D eigenvalue weighted by molar-refractivity contribution is 5.92. The highest BCUT2D eigenvalue weighted by Crippen LogP contribution is 2.26. The SMILES string of the molecule is C#CC1=C(/C=C\C)CCN(C[C@@H](O)CNC(=O)c2cc(NC3CCC(C(N)=O)CC3)ncn2)C1. The largest absolute Gasteiger partial charge is 0.390 e. The zero-order chi connectivity index (χ0) is 24.5. The summed E-state index contributed by atoms with van der Waals surface area (Å²) in [7, 11) is 0. The summed E-state index contributed by atoms with van der Waals surface area (Å²) in [5.74, 6) is 2.63. The first kappa shape index (κ1) is 25.4. The van der Waals surface area contributed by atoms with E-state index in [1.165, 1.54) is 6.33 Å². The first-order valence-corrected chi connectivity index (χ1v) is 11.8. The summed E-state index contributed by atoms with van der Waals surface area (Å²) in [6, 6.07) is 1.77. The minimum Gasteiger partial charge on any atom is -0.390 e. The van der Waals surface area contributed by atoms with Gasteiger partial charge in [0.1, 0.15) is 17.8 Å². The van der Waals surface area contributed by atoms with Crippen LogP contribution in [0.3, 0.4) is 0 Å². The number of nitrogens with one attached hydrogen (secondary N) is 2. The number of nitrogens with zero attached hydrogens (tertiary/aromatic N) is 3. The smallest absolute Gasteiger partial charge is 0.270 e. The zero-order valence-corrected chi connectivity index (χ0v) is 19.7. The maximum atomic E-state index is 12.6. The lowest BCUT2D eigenvalue weighted by Crippen LogP contribution is -2.42. The minimum absolute atomic E-state index is 0.0643. The summed E-state index contributed by atoms with van der Waals surface area (Å²) in [4.78, 5) is 34.3. The fourth-order valence-electron chi connectivity index (χ4n) is 4.47. The van der Waals surface area contributed by atoms with Gasteiger partial charge in [0.05, 0.1) is 6.10 Å². The third kappa shape index (κ3) is 7.14. The normalized spacial score (nSPS) is 22.3. The summed E-state index contributed by atoms with van der Waals surface area (Å²) in [6.07, 6.45) is 14.2. The maximum absolute atomic E-state index is 12.6. The Morgan fingerprint density at radius 1 is 1.35 bits per heavy atom. The van der Waals surface area contributed by atoms with Crippen molar-refractivity contribution in [3.8, 4) is 12.3 Å². The average Bonchev–Trinajstić information content (AvgIpc) is 2.84. The Labute approximate surface area is 200 Å². The summed E-state index contributed by atoms with van der Waals surface area (Å²) >= 11 is 0. The molecule has 0 bridgehead atoms. The van der Waals surface area contributed by atoms with Gasteiger partial charge in [-0.2, -0.15) is 0 Å². The fourth-order valence-corrected chi connectivity index (χ4v) is 4.47. The van der Waals surface area contributed by atoms with Crippen LogP contribution in [0.15, 0.2) is 35.7 Å². The molecular formula is C25H34N6O3. The van der Waals surface area contributed by atoms with Crippen molar-refractivity contribution in [3.05, 3.63) is 41.4 Å². The van der Waals surface area contributed by atoms with Crippen molar-refractivity contribution >= 4 is 17.6 Å². The van der Waals surface area contributed by atoms with Crippen LogP contribution in [0.25, 0.3) is 0 Å². The van der Waals surface area contributed by atoms with Gasteiger partial charge in [0, 0.05) is 49.8 Å². The first-order chi connectivity index (χ1) is 16.4. The number of terminal acetylenes is 1. The molecule has 1 aliphatic heterocycles. The van der Waals surface area contributed by atoms with Crippen molar-refractivity contribution in [2.24, 2.45) is 11.7 Å². The Kier molecular flexibility index (Phi) is 9.19. The zero-order valence-electron chi connectivity index (χ0n) is 19.7. The van der Waals surface area contributed by atoms with E-state index in [2.05, 4.69) is 31.4 Å². The molecule has 9 nitrogen and oxygen atoms in total. The molecule has 34 heavy (non-hydrogen) atoms. The number of allylic oxidation sites excluding steroid dienone is 2. The minimum atomic E-state index is -0.730. The van der Waals surface area contributed by atoms with Crippen molar-refractivity contribution in [2.45, 2.75) is 51.2 Å². The molecule has 1 aliphatic carbocycles. The molecule has 1 atom stereocenters. The number of rotatable bonds is 9. The van der Waals surface area contributed by atoms with Crippen molar-refractivity contribution in [1.82, 2.24) is 20.2 Å². The Morgan fingerprint density at radius 3 is 2.79 bits per heavy atom. The molecule has 0 unspecified atom stereocenters. The Hall–Kier alpha value is -3.22. The fraction of sp³-hybridized carbons (Fsp3) is 0.520. The molecule has 0 aromatic carbocycles. The van der Waals surface area contributed by atoms with Crippen LogP contribution in [0.2, 0.25) is 0 Å². The molecule has 2 heterocycles. The second-order valence-electron chi connectivity index (χ2n) is 8.88. The average molecular weight is 467 g/mol. The molecule has 0 saturated heterocycles. The molecule has 1 fully saturated rings. The number of aliphatic hydroxyl groups is 1. The van der Waals surface area contributed by atoms with Gasteiger partial charge in [-0.3, -0.25) is 14.5 Å². The molecule has 182 valence electrons. The number of primary amides is 1. The van der Waals surface area contributed by atoms with Crippen LogP contribution >= 0.6 is 0 Å². The molecule has 2 aliphatic rings. The van der Waals surface area contributed by atoms with Crippen LogP contribution in [0, 0.1) is 18.3 Å². The predicted molar refractivity (Wildman–Crippen MR) is 131 cm³/mol. The number of hydrogen-bond acceptors (Lipinski definition) is 7. The predicted octanol–water partition coefficient (Wildman–Crippen LogP) is 1.23. The highest BCUT2D eigenvalue weighted by Gasteiger charge is 2.25. The van der Waals surface area contributed by atoms with Crippen LogP contribution in [-0.2, 0) is 4.79 Å². The van der Waals surface area contributed by atoms with Gasteiger partial charge in [0.25, 0.3) is 5.91 Å². The molecular weight excluding hydrogens is 432 g/mol. The Bertz CT molecular complexity index is 975. The molecule has 0 spiro atoms. The molecule has 2 amide bonds. The summed E-state index contributed by atoms with van der Waals surface area (Å²) in [5.41, 5.74) is 7.72. The second kappa shape index (κ2) is 12.3. The number of nitrogens with two attached hydrogens (primary N) is 1. The molecule has 3 rings (SSSR count). The molecule has 1 aromatic heterocycles. The van der Waals surface area contributed by atoms with E-state index in [9.17, 15) is 14.7 Å². The number of anilines is 1. The lowest BCUT2D eigenvalue weighted by atomic mass is 9.85. The van der Waals surface area contributed by atoms with E-state index in [1.54, 1.807) is 6.07 Å². The highest BCUT2D eigenvalue weighted by atomic mass is 16.3. The van der Waals surface area contributed by atoms with Gasteiger partial charge in [0.15, 0.2) is 0 Å². The van der Waals surface area contributed by atoms with Crippen molar-refractivity contribution in [2.75, 3.05) is 31.5 Å². The molecule has 0 radical (unpaired) electrons. The number of carbonyl (C=O) groups is 2. The van der Waals surface area contributed by atoms with Crippen molar-refractivity contribution in [1.29, 1.82) is 0 Å².